The van der Waals surface area contributed by atoms with Gasteiger partial charge in [0.2, 0.25) is 0 Å². The van der Waals surface area contributed by atoms with Crippen molar-refractivity contribution in [3.63, 3.8) is 0 Å². The molecule has 66 heavy (non-hydrogen) atoms. The van der Waals surface area contributed by atoms with Gasteiger partial charge in [-0.05, 0) is 84.6 Å². The number of Topliss-reactive ketones (excluding diaryl/α,β-unsaturated/α-hetero) is 1. The molecule has 12 heteroatoms. The van der Waals surface area contributed by atoms with Gasteiger partial charge in [-0.25, -0.2) is 4.79 Å². The third-order valence-corrected chi connectivity index (χ3v) is 12.6. The van der Waals surface area contributed by atoms with Gasteiger partial charge in [0.25, 0.3) is 0 Å². The third kappa shape index (κ3) is 13.5. The molecular formula is C54H70N4O8. The van der Waals surface area contributed by atoms with E-state index in [1.165, 1.54) is 25.7 Å². The third-order valence-electron chi connectivity index (χ3n) is 12.6. The number of hydrogen-bond acceptors (Lipinski definition) is 12. The molecule has 4 aromatic rings. The van der Waals surface area contributed by atoms with Crippen LogP contribution in [0.1, 0.15) is 117 Å². The second-order valence-electron chi connectivity index (χ2n) is 17.1. The molecule has 0 amide bonds. The van der Waals surface area contributed by atoms with Crippen molar-refractivity contribution in [2.45, 2.75) is 97.6 Å². The number of hydrazone groups is 2. The zero-order valence-corrected chi connectivity index (χ0v) is 39.9. The highest BCUT2D eigenvalue weighted by Crippen LogP contribution is 2.36. The Balaban J connectivity index is 0.843. The van der Waals surface area contributed by atoms with E-state index in [1.807, 2.05) is 60.7 Å². The molecule has 0 bridgehead atoms. The summed E-state index contributed by atoms with van der Waals surface area (Å²) in [6.07, 6.45) is 9.41. The Bertz CT molecular complexity index is 2000. The Morgan fingerprint density at radius 3 is 1.35 bits per heavy atom. The molecule has 0 aliphatic carbocycles. The van der Waals surface area contributed by atoms with Crippen LogP contribution in [0.25, 0.3) is 0 Å². The van der Waals surface area contributed by atoms with E-state index in [0.717, 1.165) is 71.1 Å². The normalized spacial score (nSPS) is 18.0. The van der Waals surface area contributed by atoms with Gasteiger partial charge in [-0.3, -0.25) is 14.8 Å². The fourth-order valence-electron chi connectivity index (χ4n) is 8.64. The summed E-state index contributed by atoms with van der Waals surface area (Å²) >= 11 is 0. The van der Waals surface area contributed by atoms with Crippen LogP contribution in [-0.2, 0) is 18.9 Å². The maximum atomic E-state index is 13.0. The van der Waals surface area contributed by atoms with Crippen LogP contribution in [-0.4, -0.2) is 95.7 Å². The zero-order chi connectivity index (χ0) is 46.7. The number of anilines is 2. The van der Waals surface area contributed by atoms with Gasteiger partial charge in [0.05, 0.1) is 94.3 Å². The minimum absolute atomic E-state index is 0.0323. The number of ether oxygens (including phenoxy) is 6. The fourth-order valence-corrected chi connectivity index (χ4v) is 8.64. The number of hydrogen-bond donors (Lipinski definition) is 0. The van der Waals surface area contributed by atoms with E-state index < -0.39 is 5.97 Å². The van der Waals surface area contributed by atoms with Gasteiger partial charge in [0, 0.05) is 23.8 Å². The lowest BCUT2D eigenvalue weighted by Gasteiger charge is -2.26. The molecule has 12 nitrogen and oxygen atoms in total. The second kappa shape index (κ2) is 26.0. The Kier molecular flexibility index (Phi) is 19.6. The molecule has 0 saturated carbocycles. The van der Waals surface area contributed by atoms with Gasteiger partial charge in [-0.15, -0.1) is 0 Å². The van der Waals surface area contributed by atoms with Crippen molar-refractivity contribution in [3.8, 4) is 11.5 Å². The number of ketones is 1. The van der Waals surface area contributed by atoms with Gasteiger partial charge >= 0.3 is 5.97 Å². The van der Waals surface area contributed by atoms with Crippen molar-refractivity contribution in [2.24, 2.45) is 22.0 Å². The van der Waals surface area contributed by atoms with Gasteiger partial charge in [0.15, 0.2) is 5.78 Å². The molecule has 4 aromatic carbocycles. The number of carbonyl (C=O) groups excluding carboxylic acids is 2. The van der Waals surface area contributed by atoms with E-state index in [1.54, 1.807) is 26.4 Å². The van der Waals surface area contributed by atoms with Crippen LogP contribution >= 0.6 is 0 Å². The molecule has 0 unspecified atom stereocenters. The van der Waals surface area contributed by atoms with Gasteiger partial charge < -0.3 is 28.4 Å². The molecule has 2 aliphatic rings. The Morgan fingerprint density at radius 1 is 0.515 bits per heavy atom. The van der Waals surface area contributed by atoms with E-state index in [-0.39, 0.29) is 49.3 Å². The van der Waals surface area contributed by atoms with Gasteiger partial charge in [0.1, 0.15) is 18.1 Å². The minimum atomic E-state index is -0.398. The van der Waals surface area contributed by atoms with Crippen molar-refractivity contribution < 1.29 is 38.0 Å². The summed E-state index contributed by atoms with van der Waals surface area (Å²) in [7, 11) is 3.35. The average Bonchev–Trinajstić information content (AvgIpc) is 3.86. The van der Waals surface area contributed by atoms with E-state index >= 15 is 0 Å². The number of rotatable bonds is 28. The predicted octanol–water partition coefficient (Wildman–Crippen LogP) is 10.8. The molecule has 354 valence electrons. The van der Waals surface area contributed by atoms with E-state index in [2.05, 4.69) is 62.0 Å². The number of unbranched alkanes of at least 4 members (excludes halogenated alkanes) is 4. The van der Waals surface area contributed by atoms with Crippen LogP contribution in [0, 0.1) is 11.8 Å². The van der Waals surface area contributed by atoms with E-state index in [0.29, 0.717) is 44.2 Å². The fraction of sp³-hybridized carbons (Fsp3) is 0.481. The summed E-state index contributed by atoms with van der Waals surface area (Å²) in [5.74, 6) is 1.73. The summed E-state index contributed by atoms with van der Waals surface area (Å²) in [4.78, 5) is 25.8. The highest BCUT2D eigenvalue weighted by Gasteiger charge is 2.36. The summed E-state index contributed by atoms with van der Waals surface area (Å²) < 4.78 is 33.1. The number of nitrogens with zero attached hydrogens (tertiary/aromatic N) is 4. The maximum Gasteiger partial charge on any atom is 0.338 e. The minimum Gasteiger partial charge on any atom is -0.497 e. The summed E-state index contributed by atoms with van der Waals surface area (Å²) in [6.45, 7) is 11.1. The van der Waals surface area contributed by atoms with Crippen LogP contribution in [0.15, 0.2) is 107 Å². The second-order valence-corrected chi connectivity index (χ2v) is 17.1. The van der Waals surface area contributed by atoms with Crippen LogP contribution in [0.3, 0.4) is 0 Å². The molecule has 6 rings (SSSR count). The topological polar surface area (TPSA) is 121 Å². The molecular weight excluding hydrogens is 833 g/mol. The first-order valence-electron chi connectivity index (χ1n) is 23.9. The lowest BCUT2D eigenvalue weighted by molar-refractivity contribution is 0.000502. The molecule has 0 aromatic heterocycles. The van der Waals surface area contributed by atoms with Crippen molar-refractivity contribution in [1.29, 1.82) is 0 Å². The van der Waals surface area contributed by atoms with E-state index in [4.69, 9.17) is 38.6 Å². The molecule has 2 heterocycles. The summed E-state index contributed by atoms with van der Waals surface area (Å²) in [6, 6.07) is 32.0. The number of carbonyl (C=O) groups is 2. The first kappa shape index (κ1) is 49.9. The molecule has 0 radical (unpaired) electrons. The summed E-state index contributed by atoms with van der Waals surface area (Å²) in [5, 5.41) is 14.5. The number of benzene rings is 4. The number of methoxy groups -OCH3 is 2. The standard InChI is InChI=1S/C54H70N4O8/c1-7-9-11-13-49-39(3)52(55-57(49)45-23-27-47(61-5)28-24-45)42-17-15-41(16-18-42)51(59)31-32-63-33-34-64-35-36-65-37-38-66-54(60)44-21-19-43(20-22-44)53-40(4)50(14-12-10-8-2)58(56-53)46-25-29-48(62-6)30-26-46/h15-30,39-40,49-50H,7-14,31-38H2,1-6H3/t39-,40+,49-,50+/m1/s1. The van der Waals surface area contributed by atoms with E-state index in [9.17, 15) is 9.59 Å². The van der Waals surface area contributed by atoms with Crippen molar-refractivity contribution >= 4 is 34.6 Å². The van der Waals surface area contributed by atoms with Crippen LogP contribution in [0.5, 0.6) is 11.5 Å². The van der Waals surface area contributed by atoms with Gasteiger partial charge in [-0.1, -0.05) is 103 Å². The lowest BCUT2D eigenvalue weighted by Crippen LogP contribution is -2.32. The van der Waals surface area contributed by atoms with Crippen LogP contribution in [0.4, 0.5) is 11.4 Å². The van der Waals surface area contributed by atoms with Crippen molar-refractivity contribution in [1.82, 2.24) is 0 Å². The zero-order valence-electron chi connectivity index (χ0n) is 39.9. The quantitative estimate of drug-likeness (QED) is 0.0309. The molecule has 0 saturated heterocycles. The average molecular weight is 903 g/mol. The maximum absolute atomic E-state index is 13.0. The predicted molar refractivity (Wildman–Crippen MR) is 263 cm³/mol. The van der Waals surface area contributed by atoms with Crippen molar-refractivity contribution in [2.75, 3.05) is 70.5 Å². The van der Waals surface area contributed by atoms with Crippen LogP contribution in [0.2, 0.25) is 0 Å². The molecule has 0 N–H and O–H groups in total. The van der Waals surface area contributed by atoms with Crippen molar-refractivity contribution in [3.05, 3.63) is 119 Å². The summed E-state index contributed by atoms with van der Waals surface area (Å²) in [5.41, 5.74) is 7.30. The SMILES string of the molecule is CCCCC[C@@H]1[C@@H](C)C(c2ccc(C(=O)CCOCCOCCOCCOC(=O)c3ccc(C4=NN(c5ccc(OC)cc5)[C@@H](CCCCC)[C@@H]4C)cc3)cc2)=NN1c1ccc(OC)cc1. The Labute approximate surface area is 392 Å². The van der Waals surface area contributed by atoms with Crippen LogP contribution < -0.4 is 19.5 Å². The Morgan fingerprint density at radius 2 is 0.924 bits per heavy atom. The first-order valence-corrected chi connectivity index (χ1v) is 23.9. The first-order chi connectivity index (χ1) is 32.3. The Hall–Kier alpha value is -5.56. The lowest BCUT2D eigenvalue weighted by atomic mass is 9.89. The van der Waals surface area contributed by atoms with Gasteiger partial charge in [-0.2, -0.15) is 10.2 Å². The monoisotopic (exact) mass is 903 g/mol. The molecule has 4 atom stereocenters. The number of esters is 1. The molecule has 0 fully saturated rings. The molecule has 2 aliphatic heterocycles. The highest BCUT2D eigenvalue weighted by atomic mass is 16.6. The largest absolute Gasteiger partial charge is 0.497 e. The highest BCUT2D eigenvalue weighted by molar-refractivity contribution is 6.06. The smallest absolute Gasteiger partial charge is 0.338 e. The molecule has 0 spiro atoms.